The van der Waals surface area contributed by atoms with Crippen LogP contribution in [0, 0.1) is 10.1 Å². The van der Waals surface area contributed by atoms with Gasteiger partial charge in [-0.3, -0.25) is 10.1 Å². The summed E-state index contributed by atoms with van der Waals surface area (Å²) in [7, 11) is 0. The van der Waals surface area contributed by atoms with Crippen LogP contribution in [0.15, 0.2) is 46.9 Å². The number of benzene rings is 2. The number of nitro groups is 1. The maximum atomic E-state index is 11.2. The molecule has 1 aliphatic rings. The molecule has 138 valence electrons. The summed E-state index contributed by atoms with van der Waals surface area (Å²) in [6.45, 7) is 4.22. The molecule has 7 heteroatoms. The van der Waals surface area contributed by atoms with E-state index in [2.05, 4.69) is 33.4 Å². The molecule has 2 aromatic rings. The fourth-order valence-corrected chi connectivity index (χ4v) is 3.69. The highest BCUT2D eigenvalue weighted by Gasteiger charge is 2.43. The topological polar surface area (TPSA) is 84.6 Å². The number of ether oxygens (including phenoxy) is 1. The van der Waals surface area contributed by atoms with Gasteiger partial charge in [0.2, 0.25) is 0 Å². The van der Waals surface area contributed by atoms with Crippen LogP contribution < -0.4 is 10.1 Å². The molecule has 0 amide bonds. The molecule has 0 fully saturated rings. The molecule has 0 aromatic heterocycles. The zero-order chi connectivity index (χ0) is 18.9. The van der Waals surface area contributed by atoms with Crippen LogP contribution in [0.25, 0.3) is 0 Å². The Morgan fingerprint density at radius 3 is 2.65 bits per heavy atom. The fraction of sp³-hybridized carbons (Fsp3) is 0.368. The number of aliphatic hydroxyl groups excluding tert-OH is 1. The van der Waals surface area contributed by atoms with Gasteiger partial charge in [-0.05, 0) is 54.4 Å². The third-order valence-electron chi connectivity index (χ3n) is 4.63. The number of hydrogen-bond acceptors (Lipinski definition) is 5. The second-order valence-electron chi connectivity index (χ2n) is 6.92. The van der Waals surface area contributed by atoms with Crippen LogP contribution in [0.1, 0.15) is 31.0 Å². The zero-order valence-corrected chi connectivity index (χ0v) is 16.2. The number of nitro benzene ring substituents is 1. The van der Waals surface area contributed by atoms with Gasteiger partial charge in [0.05, 0.1) is 21.5 Å². The van der Waals surface area contributed by atoms with Gasteiger partial charge >= 0.3 is 0 Å². The molecular weight excluding hydrogens is 400 g/mol. The molecule has 1 heterocycles. The molecule has 0 spiro atoms. The first-order chi connectivity index (χ1) is 12.3. The highest BCUT2D eigenvalue weighted by molar-refractivity contribution is 9.10. The van der Waals surface area contributed by atoms with Crippen LogP contribution in [0.5, 0.6) is 5.75 Å². The Labute approximate surface area is 160 Å². The lowest BCUT2D eigenvalue weighted by Crippen LogP contribution is -2.52. The summed E-state index contributed by atoms with van der Waals surface area (Å²) >= 11 is 3.25. The van der Waals surface area contributed by atoms with Crippen molar-refractivity contribution in [2.24, 2.45) is 0 Å². The van der Waals surface area contributed by atoms with Crippen LogP contribution in [0.2, 0.25) is 0 Å². The molecule has 0 radical (unpaired) electrons. The summed E-state index contributed by atoms with van der Waals surface area (Å²) < 4.78 is 6.22. The van der Waals surface area contributed by atoms with Crippen LogP contribution in [-0.4, -0.2) is 28.3 Å². The Balaban J connectivity index is 1.87. The van der Waals surface area contributed by atoms with Crippen molar-refractivity contribution in [1.29, 1.82) is 0 Å². The molecule has 2 aromatic carbocycles. The van der Waals surface area contributed by atoms with Gasteiger partial charge in [-0.1, -0.05) is 30.3 Å². The molecule has 2 N–H and O–H groups in total. The van der Waals surface area contributed by atoms with Crippen molar-refractivity contribution in [3.8, 4) is 5.75 Å². The standard InChI is InChI=1S/C19H21BrN2O4/c1-19(2)18(23)17(21-9-8-12-6-4-3-5-7-12)13-10-14(20)15(22(24)25)11-16(13)26-19/h3-7,10-11,17-18,21,23H,8-9H2,1-2H3/t17?,18-/m1/s1. The second kappa shape index (κ2) is 7.34. The maximum Gasteiger partial charge on any atom is 0.287 e. The molecule has 2 atom stereocenters. The molecule has 1 unspecified atom stereocenters. The van der Waals surface area contributed by atoms with E-state index in [4.69, 9.17) is 4.74 Å². The van der Waals surface area contributed by atoms with Crippen molar-refractivity contribution >= 4 is 21.6 Å². The minimum atomic E-state index is -0.862. The summed E-state index contributed by atoms with van der Waals surface area (Å²) in [5.41, 5.74) is 0.992. The van der Waals surface area contributed by atoms with Gasteiger partial charge in [0.25, 0.3) is 5.69 Å². The Morgan fingerprint density at radius 1 is 1.31 bits per heavy atom. The van der Waals surface area contributed by atoms with Crippen molar-refractivity contribution in [3.05, 3.63) is 68.2 Å². The lowest BCUT2D eigenvalue weighted by Gasteiger charge is -2.42. The van der Waals surface area contributed by atoms with Crippen molar-refractivity contribution in [3.63, 3.8) is 0 Å². The lowest BCUT2D eigenvalue weighted by atomic mass is 9.86. The Morgan fingerprint density at radius 2 is 2.00 bits per heavy atom. The predicted molar refractivity (Wildman–Crippen MR) is 102 cm³/mol. The van der Waals surface area contributed by atoms with Crippen molar-refractivity contribution in [2.45, 2.75) is 38.0 Å². The maximum absolute atomic E-state index is 11.2. The molecule has 0 bridgehead atoms. The van der Waals surface area contributed by atoms with Gasteiger partial charge < -0.3 is 15.2 Å². The molecule has 1 aliphatic heterocycles. The van der Waals surface area contributed by atoms with E-state index in [1.54, 1.807) is 19.9 Å². The third kappa shape index (κ3) is 3.75. The normalized spacial score (nSPS) is 20.9. The van der Waals surface area contributed by atoms with E-state index < -0.39 is 16.6 Å². The number of rotatable bonds is 5. The first-order valence-corrected chi connectivity index (χ1v) is 9.21. The van der Waals surface area contributed by atoms with E-state index in [-0.39, 0.29) is 11.7 Å². The quantitative estimate of drug-likeness (QED) is 0.567. The molecule has 0 aliphatic carbocycles. The van der Waals surface area contributed by atoms with E-state index in [0.29, 0.717) is 22.3 Å². The first-order valence-electron chi connectivity index (χ1n) is 8.42. The van der Waals surface area contributed by atoms with Gasteiger partial charge in [-0.2, -0.15) is 0 Å². The molecule has 26 heavy (non-hydrogen) atoms. The average Bonchev–Trinajstić information content (AvgIpc) is 2.59. The Kier molecular flexibility index (Phi) is 5.32. The molecule has 6 nitrogen and oxygen atoms in total. The SMILES string of the molecule is CC1(C)Oc2cc([N+](=O)[O-])c(Br)cc2C(NCCc2ccccc2)[C@H]1O. The number of halogens is 1. The number of nitrogens with zero attached hydrogens (tertiary/aromatic N) is 1. The van der Waals surface area contributed by atoms with Crippen LogP contribution in [0.3, 0.4) is 0 Å². The second-order valence-corrected chi connectivity index (χ2v) is 7.77. The predicted octanol–water partition coefficient (Wildman–Crippen LogP) is 3.76. The summed E-state index contributed by atoms with van der Waals surface area (Å²) in [5.74, 6) is 0.424. The minimum absolute atomic E-state index is 0.0565. The molecule has 0 saturated carbocycles. The van der Waals surface area contributed by atoms with E-state index >= 15 is 0 Å². The fourth-order valence-electron chi connectivity index (χ4n) is 3.18. The van der Waals surface area contributed by atoms with Gasteiger partial charge in [0.1, 0.15) is 17.5 Å². The van der Waals surface area contributed by atoms with Crippen molar-refractivity contribution < 1.29 is 14.8 Å². The van der Waals surface area contributed by atoms with E-state index in [1.807, 2.05) is 18.2 Å². The highest BCUT2D eigenvalue weighted by atomic mass is 79.9. The summed E-state index contributed by atoms with van der Waals surface area (Å²) in [6.07, 6.45) is 0.0218. The van der Waals surface area contributed by atoms with Gasteiger partial charge in [0.15, 0.2) is 0 Å². The monoisotopic (exact) mass is 420 g/mol. The number of hydrogen-bond donors (Lipinski definition) is 2. The van der Waals surface area contributed by atoms with Crippen LogP contribution in [0.4, 0.5) is 5.69 Å². The lowest BCUT2D eigenvalue weighted by molar-refractivity contribution is -0.385. The Bertz CT molecular complexity index is 811. The number of fused-ring (bicyclic) bond motifs is 1. The molecule has 0 saturated heterocycles. The average molecular weight is 421 g/mol. The van der Waals surface area contributed by atoms with E-state index in [0.717, 1.165) is 6.42 Å². The molecular formula is C19H21BrN2O4. The third-order valence-corrected chi connectivity index (χ3v) is 5.27. The van der Waals surface area contributed by atoms with E-state index in [9.17, 15) is 15.2 Å². The van der Waals surface area contributed by atoms with Gasteiger partial charge in [0, 0.05) is 5.56 Å². The number of aliphatic hydroxyl groups is 1. The number of nitrogens with one attached hydrogen (secondary N) is 1. The zero-order valence-electron chi connectivity index (χ0n) is 14.6. The first kappa shape index (κ1) is 18.8. The summed E-state index contributed by atoms with van der Waals surface area (Å²) in [4.78, 5) is 10.7. The Hall–Kier alpha value is -1.96. The van der Waals surface area contributed by atoms with Gasteiger partial charge in [-0.15, -0.1) is 0 Å². The highest BCUT2D eigenvalue weighted by Crippen LogP contribution is 2.44. The largest absolute Gasteiger partial charge is 0.484 e. The smallest absolute Gasteiger partial charge is 0.287 e. The van der Waals surface area contributed by atoms with Crippen molar-refractivity contribution in [2.75, 3.05) is 6.54 Å². The van der Waals surface area contributed by atoms with Gasteiger partial charge in [-0.25, -0.2) is 0 Å². The van der Waals surface area contributed by atoms with Crippen LogP contribution in [-0.2, 0) is 6.42 Å². The minimum Gasteiger partial charge on any atom is -0.484 e. The molecule has 3 rings (SSSR count). The van der Waals surface area contributed by atoms with E-state index in [1.165, 1.54) is 11.6 Å². The van der Waals surface area contributed by atoms with Crippen LogP contribution >= 0.6 is 15.9 Å². The summed E-state index contributed by atoms with van der Waals surface area (Å²) in [6, 6.07) is 12.8. The summed E-state index contributed by atoms with van der Waals surface area (Å²) in [5, 5.41) is 25.4. The van der Waals surface area contributed by atoms with Crippen molar-refractivity contribution in [1.82, 2.24) is 5.32 Å².